The lowest BCUT2D eigenvalue weighted by Crippen LogP contribution is -2.43. The molecule has 0 aromatic carbocycles. The van der Waals surface area contributed by atoms with Gasteiger partial charge in [-0.1, -0.05) is 32.4 Å². The standard InChI is InChI=1S/C20H28O4/c1-12-5-6-14-7-8-16-17(19(14,3)4)20(23,24-18(16)22)11-13(2)10-15(21)9-12/h5,13-14,23H,6-11H2,1-4H3. The molecule has 0 spiro atoms. The molecule has 4 heteroatoms. The molecule has 0 radical (unpaired) electrons. The highest BCUT2D eigenvalue weighted by Gasteiger charge is 2.56. The predicted molar refractivity (Wildman–Crippen MR) is 91.0 cm³/mol. The molecule has 0 fully saturated rings. The molecule has 0 saturated carbocycles. The molecule has 0 saturated heterocycles. The molecule has 3 atom stereocenters. The van der Waals surface area contributed by atoms with Gasteiger partial charge < -0.3 is 9.84 Å². The van der Waals surface area contributed by atoms with E-state index in [0.717, 1.165) is 24.0 Å². The molecule has 132 valence electrons. The van der Waals surface area contributed by atoms with Crippen molar-refractivity contribution in [2.75, 3.05) is 0 Å². The summed E-state index contributed by atoms with van der Waals surface area (Å²) in [5.74, 6) is -1.45. The molecule has 4 nitrogen and oxygen atoms in total. The van der Waals surface area contributed by atoms with Crippen molar-refractivity contribution in [3.63, 3.8) is 0 Å². The zero-order valence-electron chi connectivity index (χ0n) is 15.1. The number of Topliss-reactive ketones (excluding diaryl/α,β-unsaturated/α-hetero) is 1. The zero-order chi connectivity index (χ0) is 17.7. The van der Waals surface area contributed by atoms with Crippen molar-refractivity contribution in [3.8, 4) is 0 Å². The molecule has 1 N–H and O–H groups in total. The van der Waals surface area contributed by atoms with Gasteiger partial charge in [0.15, 0.2) is 0 Å². The third-order valence-electron chi connectivity index (χ3n) is 6.04. The second kappa shape index (κ2) is 5.83. The summed E-state index contributed by atoms with van der Waals surface area (Å²) in [4.78, 5) is 24.6. The average Bonchev–Trinajstić information content (AvgIpc) is 2.67. The Hall–Kier alpha value is -1.42. The van der Waals surface area contributed by atoms with E-state index in [0.29, 0.717) is 37.2 Å². The number of hydrogen-bond acceptors (Lipinski definition) is 4. The number of ether oxygens (including phenoxy) is 1. The molecule has 0 aromatic heterocycles. The zero-order valence-corrected chi connectivity index (χ0v) is 15.1. The number of hydrogen-bond donors (Lipinski definition) is 1. The first-order valence-corrected chi connectivity index (χ1v) is 9.00. The smallest absolute Gasteiger partial charge is 0.336 e. The normalized spacial score (nSPS) is 36.6. The summed E-state index contributed by atoms with van der Waals surface area (Å²) in [5.41, 5.74) is 2.25. The van der Waals surface area contributed by atoms with Crippen molar-refractivity contribution < 1.29 is 19.4 Å². The van der Waals surface area contributed by atoms with E-state index in [1.165, 1.54) is 0 Å². The van der Waals surface area contributed by atoms with Crippen LogP contribution in [0.2, 0.25) is 0 Å². The van der Waals surface area contributed by atoms with E-state index in [4.69, 9.17) is 4.74 Å². The van der Waals surface area contributed by atoms with Crippen LogP contribution in [0.25, 0.3) is 0 Å². The summed E-state index contributed by atoms with van der Waals surface area (Å²) in [6, 6.07) is 0. The van der Waals surface area contributed by atoms with E-state index in [1.807, 2.05) is 13.8 Å². The van der Waals surface area contributed by atoms with Crippen molar-refractivity contribution in [2.24, 2.45) is 17.3 Å². The van der Waals surface area contributed by atoms with Crippen LogP contribution < -0.4 is 0 Å². The lowest BCUT2D eigenvalue weighted by Gasteiger charge is -2.43. The Morgan fingerprint density at radius 3 is 2.71 bits per heavy atom. The first-order valence-electron chi connectivity index (χ1n) is 9.00. The van der Waals surface area contributed by atoms with Crippen molar-refractivity contribution in [1.82, 2.24) is 0 Å². The molecular formula is C20H28O4. The molecule has 1 heterocycles. The molecule has 3 rings (SSSR count). The van der Waals surface area contributed by atoms with Gasteiger partial charge in [0.05, 0.1) is 0 Å². The number of esters is 1. The fourth-order valence-corrected chi connectivity index (χ4v) is 4.89. The van der Waals surface area contributed by atoms with E-state index in [2.05, 4.69) is 19.9 Å². The Labute approximate surface area is 144 Å². The third kappa shape index (κ3) is 2.85. The van der Waals surface area contributed by atoms with E-state index in [1.54, 1.807) is 0 Å². The van der Waals surface area contributed by atoms with Gasteiger partial charge in [-0.05, 0) is 43.4 Å². The van der Waals surface area contributed by atoms with Gasteiger partial charge >= 0.3 is 5.97 Å². The Kier molecular flexibility index (Phi) is 4.23. The maximum absolute atomic E-state index is 12.3. The van der Waals surface area contributed by atoms with Crippen molar-refractivity contribution in [3.05, 3.63) is 22.8 Å². The minimum absolute atomic E-state index is 0.0365. The quantitative estimate of drug-likeness (QED) is 0.543. The van der Waals surface area contributed by atoms with Crippen LogP contribution in [0.5, 0.6) is 0 Å². The average molecular weight is 332 g/mol. The largest absolute Gasteiger partial charge is 0.426 e. The summed E-state index contributed by atoms with van der Waals surface area (Å²) in [6.45, 7) is 8.20. The van der Waals surface area contributed by atoms with Crippen LogP contribution >= 0.6 is 0 Å². The van der Waals surface area contributed by atoms with E-state index < -0.39 is 5.79 Å². The highest BCUT2D eigenvalue weighted by atomic mass is 16.7. The Balaban J connectivity index is 2.08. The first-order chi connectivity index (χ1) is 11.1. The van der Waals surface area contributed by atoms with Crippen LogP contribution in [0, 0.1) is 17.3 Å². The third-order valence-corrected chi connectivity index (χ3v) is 6.04. The summed E-state index contributed by atoms with van der Waals surface area (Å²) in [6.07, 6.45) is 5.78. The second-order valence-corrected chi connectivity index (χ2v) is 8.50. The Morgan fingerprint density at radius 2 is 2.00 bits per heavy atom. The summed E-state index contributed by atoms with van der Waals surface area (Å²) < 4.78 is 5.47. The van der Waals surface area contributed by atoms with Crippen LogP contribution in [-0.2, 0) is 14.3 Å². The van der Waals surface area contributed by atoms with Gasteiger partial charge in [-0.15, -0.1) is 0 Å². The SMILES string of the molecule is CC1=CCC2CCC3=C(C(O)(CC(C)CC(=O)C1)OC3=O)C2(C)C. The first kappa shape index (κ1) is 17.4. The minimum Gasteiger partial charge on any atom is -0.426 e. The summed E-state index contributed by atoms with van der Waals surface area (Å²) >= 11 is 0. The second-order valence-electron chi connectivity index (χ2n) is 8.50. The fourth-order valence-electron chi connectivity index (χ4n) is 4.89. The van der Waals surface area contributed by atoms with Crippen LogP contribution in [0.4, 0.5) is 0 Å². The number of fused-ring (bicyclic) bond motifs is 1. The van der Waals surface area contributed by atoms with Gasteiger partial charge in [0, 0.05) is 30.4 Å². The molecule has 2 aliphatic carbocycles. The number of allylic oxidation sites excluding steroid dienone is 2. The van der Waals surface area contributed by atoms with Crippen molar-refractivity contribution in [1.29, 1.82) is 0 Å². The van der Waals surface area contributed by atoms with Crippen molar-refractivity contribution in [2.45, 2.75) is 72.0 Å². The molecule has 24 heavy (non-hydrogen) atoms. The molecule has 0 amide bonds. The molecular weight excluding hydrogens is 304 g/mol. The maximum Gasteiger partial charge on any atom is 0.336 e. The van der Waals surface area contributed by atoms with Gasteiger partial charge in [-0.2, -0.15) is 0 Å². The molecule has 1 aliphatic heterocycles. The predicted octanol–water partition coefficient (Wildman–Crippen LogP) is 3.69. The van der Waals surface area contributed by atoms with Crippen LogP contribution in [-0.4, -0.2) is 22.6 Å². The monoisotopic (exact) mass is 332 g/mol. The lowest BCUT2D eigenvalue weighted by atomic mass is 9.61. The van der Waals surface area contributed by atoms with Gasteiger partial charge in [-0.3, -0.25) is 4.79 Å². The summed E-state index contributed by atoms with van der Waals surface area (Å²) in [7, 11) is 0. The molecule has 0 aromatic rings. The molecule has 2 bridgehead atoms. The van der Waals surface area contributed by atoms with Crippen LogP contribution in [0.1, 0.15) is 66.2 Å². The van der Waals surface area contributed by atoms with Gasteiger partial charge in [0.1, 0.15) is 5.78 Å². The van der Waals surface area contributed by atoms with Crippen molar-refractivity contribution >= 4 is 11.8 Å². The number of rotatable bonds is 0. The Morgan fingerprint density at radius 1 is 1.29 bits per heavy atom. The van der Waals surface area contributed by atoms with E-state index >= 15 is 0 Å². The minimum atomic E-state index is -1.55. The van der Waals surface area contributed by atoms with Crippen LogP contribution in [0.3, 0.4) is 0 Å². The number of carbonyl (C=O) groups excluding carboxylic acids is 2. The van der Waals surface area contributed by atoms with E-state index in [-0.39, 0.29) is 23.1 Å². The summed E-state index contributed by atoms with van der Waals surface area (Å²) in [5, 5.41) is 11.2. The number of aliphatic hydroxyl groups is 1. The lowest BCUT2D eigenvalue weighted by molar-refractivity contribution is -0.190. The number of ketones is 1. The van der Waals surface area contributed by atoms with Gasteiger partial charge in [0.25, 0.3) is 0 Å². The Bertz CT molecular complexity index is 640. The molecule has 3 unspecified atom stereocenters. The van der Waals surface area contributed by atoms with Gasteiger partial charge in [-0.25, -0.2) is 4.79 Å². The maximum atomic E-state index is 12.3. The highest BCUT2D eigenvalue weighted by molar-refractivity contribution is 5.93. The van der Waals surface area contributed by atoms with E-state index in [9.17, 15) is 14.7 Å². The highest BCUT2D eigenvalue weighted by Crippen LogP contribution is 2.55. The van der Waals surface area contributed by atoms with Gasteiger partial charge in [0.2, 0.25) is 5.79 Å². The fraction of sp³-hybridized carbons (Fsp3) is 0.700. The number of carbonyl (C=O) groups is 2. The van der Waals surface area contributed by atoms with Crippen LogP contribution in [0.15, 0.2) is 22.8 Å². The molecule has 3 aliphatic rings. The topological polar surface area (TPSA) is 63.6 Å².